The van der Waals surface area contributed by atoms with Crippen LogP contribution in [0.1, 0.15) is 25.7 Å². The summed E-state index contributed by atoms with van der Waals surface area (Å²) >= 11 is 0. The summed E-state index contributed by atoms with van der Waals surface area (Å²) < 4.78 is 0. The van der Waals surface area contributed by atoms with Crippen molar-refractivity contribution in [3.8, 4) is 0 Å². The Bertz CT molecular complexity index is 641. The number of carboxylic acids is 1. The molecule has 1 aromatic rings. The van der Waals surface area contributed by atoms with Gasteiger partial charge in [-0.05, 0) is 37.1 Å². The zero-order valence-corrected chi connectivity index (χ0v) is 15.6. The number of aliphatic hydroxyl groups excluding tert-OH is 1. The van der Waals surface area contributed by atoms with Crippen molar-refractivity contribution < 1.29 is 19.8 Å². The minimum absolute atomic E-state index is 0.189. The number of rotatable bonds is 6. The highest BCUT2D eigenvalue weighted by molar-refractivity contribution is 5.95. The van der Waals surface area contributed by atoms with Crippen LogP contribution in [-0.4, -0.2) is 61.2 Å². The molecule has 2 unspecified atom stereocenters. The summed E-state index contributed by atoms with van der Waals surface area (Å²) in [4.78, 5) is 28.3. The van der Waals surface area contributed by atoms with Gasteiger partial charge in [0.2, 0.25) is 5.91 Å². The van der Waals surface area contributed by atoms with Gasteiger partial charge in [0, 0.05) is 61.9 Å². The van der Waals surface area contributed by atoms with Crippen LogP contribution in [0.3, 0.4) is 0 Å². The van der Waals surface area contributed by atoms with Crippen LogP contribution in [0.4, 0.5) is 11.4 Å². The number of nitrogens with zero attached hydrogens (tertiary/aromatic N) is 2. The number of carbonyl (C=O) groups excluding carboxylic acids is 2. The lowest BCUT2D eigenvalue weighted by atomic mass is 9.78. The molecule has 0 spiro atoms. The number of amides is 1. The number of hydrogen-bond acceptors (Lipinski definition) is 6. The predicted octanol–water partition coefficient (Wildman–Crippen LogP) is 0.296. The minimum atomic E-state index is -1.12. The maximum atomic E-state index is 12.5. The summed E-state index contributed by atoms with van der Waals surface area (Å²) in [5.41, 5.74) is 1.78. The molecule has 148 valence electrons. The second-order valence-corrected chi connectivity index (χ2v) is 7.40. The van der Waals surface area contributed by atoms with Crippen molar-refractivity contribution in [1.82, 2.24) is 4.90 Å². The molecule has 3 rings (SSSR count). The van der Waals surface area contributed by atoms with E-state index in [1.165, 1.54) is 0 Å². The van der Waals surface area contributed by atoms with Crippen molar-refractivity contribution in [2.24, 2.45) is 11.8 Å². The Kier molecular flexibility index (Phi) is 6.68. The fourth-order valence-corrected chi connectivity index (χ4v) is 4.09. The van der Waals surface area contributed by atoms with Crippen molar-refractivity contribution >= 4 is 23.3 Å². The summed E-state index contributed by atoms with van der Waals surface area (Å²) in [6.07, 6.45) is 2.83. The molecule has 0 bridgehead atoms. The third-order valence-electron chi connectivity index (χ3n) is 5.69. The van der Waals surface area contributed by atoms with Gasteiger partial charge >= 0.3 is 0 Å². The first-order valence-corrected chi connectivity index (χ1v) is 9.78. The SMILES string of the molecule is O=C([O-])C1CCCCC1C(=O)Nc1ccc(N2CCN(CCO)CC2)cc1. The second-order valence-electron chi connectivity index (χ2n) is 7.40. The number of hydrogen-bond donors (Lipinski definition) is 2. The number of carbonyl (C=O) groups is 2. The molecule has 1 saturated carbocycles. The quantitative estimate of drug-likeness (QED) is 0.743. The molecular formula is C20H28N3O4-. The topological polar surface area (TPSA) is 95.9 Å². The lowest BCUT2D eigenvalue weighted by Crippen LogP contribution is -2.47. The third kappa shape index (κ3) is 4.99. The molecule has 7 nitrogen and oxygen atoms in total. The Morgan fingerprint density at radius 2 is 1.67 bits per heavy atom. The van der Waals surface area contributed by atoms with E-state index in [0.29, 0.717) is 25.1 Å². The molecular weight excluding hydrogens is 346 g/mol. The van der Waals surface area contributed by atoms with Crippen LogP contribution >= 0.6 is 0 Å². The van der Waals surface area contributed by atoms with E-state index >= 15 is 0 Å². The lowest BCUT2D eigenvalue weighted by molar-refractivity contribution is -0.313. The Hall–Kier alpha value is -2.12. The smallest absolute Gasteiger partial charge is 0.228 e. The third-order valence-corrected chi connectivity index (χ3v) is 5.69. The lowest BCUT2D eigenvalue weighted by Gasteiger charge is -2.35. The highest BCUT2D eigenvalue weighted by Crippen LogP contribution is 2.31. The first-order valence-electron chi connectivity index (χ1n) is 9.78. The first-order chi connectivity index (χ1) is 13.1. The number of benzene rings is 1. The van der Waals surface area contributed by atoms with Crippen LogP contribution < -0.4 is 15.3 Å². The number of β-amino-alcohol motifs (C(OH)–C–C–N with tert-alkyl or cyclic N) is 1. The minimum Gasteiger partial charge on any atom is -0.550 e. The summed E-state index contributed by atoms with van der Waals surface area (Å²) in [6, 6.07) is 7.69. The van der Waals surface area contributed by atoms with Gasteiger partial charge in [-0.15, -0.1) is 0 Å². The Morgan fingerprint density at radius 1 is 1.04 bits per heavy atom. The summed E-state index contributed by atoms with van der Waals surface area (Å²) in [5, 5.41) is 23.2. The van der Waals surface area contributed by atoms with Crippen molar-refractivity contribution in [1.29, 1.82) is 0 Å². The standard InChI is InChI=1S/C20H29N3O4/c24-14-13-22-9-11-23(12-10-22)16-7-5-15(6-8-16)21-19(25)17-3-1-2-4-18(17)20(26)27/h5-8,17-18,24H,1-4,9-14H2,(H,21,25)(H,26,27)/p-1. The molecule has 2 fully saturated rings. The van der Waals surface area contributed by atoms with Gasteiger partial charge in [-0.25, -0.2) is 0 Å². The van der Waals surface area contributed by atoms with E-state index in [1.807, 2.05) is 24.3 Å². The molecule has 1 aliphatic carbocycles. The molecule has 27 heavy (non-hydrogen) atoms. The zero-order valence-electron chi connectivity index (χ0n) is 15.6. The maximum absolute atomic E-state index is 12.5. The molecule has 0 radical (unpaired) electrons. The monoisotopic (exact) mass is 374 g/mol. The molecule has 2 atom stereocenters. The molecule has 7 heteroatoms. The van der Waals surface area contributed by atoms with Crippen molar-refractivity contribution in [3.63, 3.8) is 0 Å². The van der Waals surface area contributed by atoms with Crippen LogP contribution in [0.25, 0.3) is 0 Å². The number of aliphatic hydroxyl groups is 1. The van der Waals surface area contributed by atoms with E-state index in [-0.39, 0.29) is 12.5 Å². The molecule has 1 aromatic carbocycles. The van der Waals surface area contributed by atoms with Crippen molar-refractivity contribution in [3.05, 3.63) is 24.3 Å². The Labute approximate surface area is 160 Å². The molecule has 0 aromatic heterocycles. The molecule has 1 saturated heterocycles. The van der Waals surface area contributed by atoms with Crippen LogP contribution in [-0.2, 0) is 9.59 Å². The summed E-state index contributed by atoms with van der Waals surface area (Å²) in [7, 11) is 0. The second kappa shape index (κ2) is 9.19. The van der Waals surface area contributed by atoms with Gasteiger partial charge in [0.1, 0.15) is 0 Å². The number of piperazine rings is 1. The Balaban J connectivity index is 1.56. The number of carboxylic acid groups (broad SMARTS) is 1. The molecule has 2 aliphatic rings. The number of nitrogens with one attached hydrogen (secondary N) is 1. The number of anilines is 2. The van der Waals surface area contributed by atoms with E-state index in [2.05, 4.69) is 15.1 Å². The van der Waals surface area contributed by atoms with Gasteiger partial charge in [0.05, 0.1) is 6.61 Å². The zero-order chi connectivity index (χ0) is 19.2. The highest BCUT2D eigenvalue weighted by Gasteiger charge is 2.31. The summed E-state index contributed by atoms with van der Waals surface area (Å²) in [5.74, 6) is -2.55. The van der Waals surface area contributed by atoms with Gasteiger partial charge in [0.15, 0.2) is 0 Å². The van der Waals surface area contributed by atoms with Crippen molar-refractivity contribution in [2.75, 3.05) is 49.5 Å². The first kappa shape index (κ1) is 19.6. The van der Waals surface area contributed by atoms with Gasteiger partial charge < -0.3 is 25.2 Å². The van der Waals surface area contributed by atoms with E-state index in [1.54, 1.807) is 0 Å². The predicted molar refractivity (Wildman–Crippen MR) is 101 cm³/mol. The summed E-state index contributed by atoms with van der Waals surface area (Å²) in [6.45, 7) is 4.56. The van der Waals surface area contributed by atoms with Gasteiger partial charge in [-0.1, -0.05) is 12.8 Å². The van der Waals surface area contributed by atoms with Gasteiger partial charge in [-0.3, -0.25) is 9.69 Å². The van der Waals surface area contributed by atoms with Crippen LogP contribution in [0, 0.1) is 11.8 Å². The highest BCUT2D eigenvalue weighted by atomic mass is 16.4. The van der Waals surface area contributed by atoms with Gasteiger partial charge in [0.25, 0.3) is 0 Å². The molecule has 1 heterocycles. The van der Waals surface area contributed by atoms with Crippen LogP contribution in [0.15, 0.2) is 24.3 Å². The van der Waals surface area contributed by atoms with E-state index < -0.39 is 17.8 Å². The fourth-order valence-electron chi connectivity index (χ4n) is 4.09. The van der Waals surface area contributed by atoms with Crippen LogP contribution in [0.5, 0.6) is 0 Å². The van der Waals surface area contributed by atoms with E-state index in [4.69, 9.17) is 5.11 Å². The van der Waals surface area contributed by atoms with Crippen molar-refractivity contribution in [2.45, 2.75) is 25.7 Å². The van der Waals surface area contributed by atoms with E-state index in [0.717, 1.165) is 44.7 Å². The maximum Gasteiger partial charge on any atom is 0.228 e. The van der Waals surface area contributed by atoms with Gasteiger partial charge in [-0.2, -0.15) is 0 Å². The molecule has 1 aliphatic heterocycles. The largest absolute Gasteiger partial charge is 0.550 e. The normalized spacial score (nSPS) is 23.8. The average molecular weight is 374 g/mol. The number of aliphatic carboxylic acids is 1. The fraction of sp³-hybridized carbons (Fsp3) is 0.600. The average Bonchev–Trinajstić information content (AvgIpc) is 2.69. The van der Waals surface area contributed by atoms with E-state index in [9.17, 15) is 14.7 Å². The molecule has 2 N–H and O–H groups in total. The van der Waals surface area contributed by atoms with Crippen LogP contribution in [0.2, 0.25) is 0 Å². The Morgan fingerprint density at radius 3 is 2.26 bits per heavy atom. The molecule has 1 amide bonds.